The minimum Gasteiger partial charge on any atom is -0.493 e. The van der Waals surface area contributed by atoms with Crippen LogP contribution in [0.4, 0.5) is 13.2 Å². The third kappa shape index (κ3) is 4.87. The summed E-state index contributed by atoms with van der Waals surface area (Å²) in [6, 6.07) is 10.3. The smallest absolute Gasteiger partial charge is 0.449 e. The molecule has 0 atom stereocenters. The highest BCUT2D eigenvalue weighted by Gasteiger charge is 2.38. The number of methoxy groups -OCH3 is 1. The Bertz CT molecular complexity index is 1110. The highest BCUT2D eigenvalue weighted by Crippen LogP contribution is 2.31. The number of ether oxygens (including phenoxy) is 2. The van der Waals surface area contributed by atoms with Crippen molar-refractivity contribution in [2.24, 2.45) is 0 Å². The van der Waals surface area contributed by atoms with Crippen LogP contribution in [0, 0.1) is 0 Å². The zero-order chi connectivity index (χ0) is 22.6. The number of nitrogens with zero attached hydrogens (tertiary/aromatic N) is 2. The van der Waals surface area contributed by atoms with Crippen LogP contribution in [0.3, 0.4) is 0 Å². The van der Waals surface area contributed by atoms with E-state index in [-0.39, 0.29) is 16.6 Å². The number of hydrogen-bond acceptors (Lipinski definition) is 5. The van der Waals surface area contributed by atoms with Gasteiger partial charge in [0.05, 0.1) is 24.8 Å². The highest BCUT2D eigenvalue weighted by atomic mass is 19.4. The predicted molar refractivity (Wildman–Crippen MR) is 105 cm³/mol. The van der Waals surface area contributed by atoms with Gasteiger partial charge in [-0.25, -0.2) is 4.98 Å². The van der Waals surface area contributed by atoms with Gasteiger partial charge in [-0.15, -0.1) is 0 Å². The topological polar surface area (TPSA) is 94.5 Å². The zero-order valence-electron chi connectivity index (χ0n) is 16.6. The van der Waals surface area contributed by atoms with E-state index >= 15 is 0 Å². The molecule has 0 saturated heterocycles. The van der Waals surface area contributed by atoms with Crippen molar-refractivity contribution >= 4 is 22.8 Å². The van der Waals surface area contributed by atoms with Crippen LogP contribution < -0.4 is 20.3 Å². The highest BCUT2D eigenvalue weighted by molar-refractivity contribution is 5.96. The van der Waals surface area contributed by atoms with Gasteiger partial charge in [-0.1, -0.05) is 12.1 Å². The number of para-hydroxylation sites is 2. The minimum absolute atomic E-state index is 0.105. The maximum atomic E-state index is 13.3. The van der Waals surface area contributed by atoms with E-state index in [0.29, 0.717) is 18.1 Å². The molecule has 2 amide bonds. The first-order valence-corrected chi connectivity index (χ1v) is 9.17. The number of fused-ring (bicyclic) bond motifs is 1. The standard InChI is InChI=1S/C20H19F3N4O4/c1-3-31-15-9-8-12(10-16(15)30-2)18(29)26-25-17(28)11-27-14-7-5-4-6-13(14)24-19(27)20(21,22)23/h4-10H,3,11H2,1-2H3,(H,25,28)(H,26,29). The van der Waals surface area contributed by atoms with Crippen LogP contribution in [0.5, 0.6) is 11.5 Å². The molecule has 0 spiro atoms. The van der Waals surface area contributed by atoms with Gasteiger partial charge in [-0.2, -0.15) is 13.2 Å². The first-order chi connectivity index (χ1) is 14.7. The Kier molecular flexibility index (Phi) is 6.33. The summed E-state index contributed by atoms with van der Waals surface area (Å²) in [7, 11) is 1.41. The fourth-order valence-electron chi connectivity index (χ4n) is 2.92. The van der Waals surface area contributed by atoms with E-state index in [4.69, 9.17) is 9.47 Å². The van der Waals surface area contributed by atoms with Gasteiger partial charge < -0.3 is 14.0 Å². The number of alkyl halides is 3. The van der Waals surface area contributed by atoms with Crippen molar-refractivity contribution < 1.29 is 32.2 Å². The summed E-state index contributed by atoms with van der Waals surface area (Å²) in [5, 5.41) is 0. The fraction of sp³-hybridized carbons (Fsp3) is 0.250. The average Bonchev–Trinajstić information content (AvgIpc) is 3.11. The molecular weight excluding hydrogens is 417 g/mol. The minimum atomic E-state index is -4.75. The number of imidazole rings is 1. The van der Waals surface area contributed by atoms with Crippen molar-refractivity contribution in [3.8, 4) is 11.5 Å². The first-order valence-electron chi connectivity index (χ1n) is 9.17. The van der Waals surface area contributed by atoms with Gasteiger partial charge in [-0.3, -0.25) is 20.4 Å². The molecule has 3 rings (SSSR count). The molecule has 1 heterocycles. The van der Waals surface area contributed by atoms with Crippen LogP contribution in [-0.4, -0.2) is 35.1 Å². The second-order valence-corrected chi connectivity index (χ2v) is 6.31. The molecule has 8 nitrogen and oxygen atoms in total. The number of benzene rings is 2. The molecule has 11 heteroatoms. The second-order valence-electron chi connectivity index (χ2n) is 6.31. The molecule has 0 bridgehead atoms. The number of amides is 2. The van der Waals surface area contributed by atoms with Gasteiger partial charge in [0.15, 0.2) is 11.5 Å². The van der Waals surface area contributed by atoms with Crippen molar-refractivity contribution in [1.29, 1.82) is 0 Å². The van der Waals surface area contributed by atoms with Crippen molar-refractivity contribution in [1.82, 2.24) is 20.4 Å². The van der Waals surface area contributed by atoms with E-state index in [1.807, 2.05) is 0 Å². The number of nitrogens with one attached hydrogen (secondary N) is 2. The van der Waals surface area contributed by atoms with E-state index in [2.05, 4.69) is 15.8 Å². The van der Waals surface area contributed by atoms with Gasteiger partial charge in [0.1, 0.15) is 6.54 Å². The van der Waals surface area contributed by atoms with E-state index in [0.717, 1.165) is 4.57 Å². The van der Waals surface area contributed by atoms with Crippen molar-refractivity contribution in [3.05, 3.63) is 53.9 Å². The number of carbonyl (C=O) groups is 2. The Morgan fingerprint density at radius 3 is 2.52 bits per heavy atom. The van der Waals surface area contributed by atoms with E-state index in [1.54, 1.807) is 19.1 Å². The monoisotopic (exact) mass is 436 g/mol. The van der Waals surface area contributed by atoms with Gasteiger partial charge >= 0.3 is 6.18 Å². The maximum Gasteiger partial charge on any atom is 0.449 e. The van der Waals surface area contributed by atoms with Gasteiger partial charge in [0, 0.05) is 5.56 Å². The largest absolute Gasteiger partial charge is 0.493 e. The summed E-state index contributed by atoms with van der Waals surface area (Å²) in [6.07, 6.45) is -4.75. The number of rotatable bonds is 6. The quantitative estimate of drug-likeness (QED) is 0.580. The van der Waals surface area contributed by atoms with E-state index in [1.165, 1.54) is 37.4 Å². The molecule has 1 aromatic heterocycles. The second kappa shape index (κ2) is 8.94. The van der Waals surface area contributed by atoms with Gasteiger partial charge in [0.25, 0.3) is 11.8 Å². The molecule has 31 heavy (non-hydrogen) atoms. The number of carbonyl (C=O) groups excluding carboxylic acids is 2. The van der Waals surface area contributed by atoms with Crippen LogP contribution in [0.1, 0.15) is 23.1 Å². The maximum absolute atomic E-state index is 13.3. The fourth-order valence-corrected chi connectivity index (χ4v) is 2.92. The number of hydrazine groups is 1. The summed E-state index contributed by atoms with van der Waals surface area (Å²) < 4.78 is 51.2. The molecule has 0 aliphatic heterocycles. The van der Waals surface area contributed by atoms with Crippen LogP contribution in [0.15, 0.2) is 42.5 Å². The molecule has 3 aromatic rings. The molecule has 0 radical (unpaired) electrons. The lowest BCUT2D eigenvalue weighted by atomic mass is 10.2. The first kappa shape index (κ1) is 21.9. The van der Waals surface area contributed by atoms with E-state index in [9.17, 15) is 22.8 Å². The number of hydrogen-bond donors (Lipinski definition) is 2. The molecule has 0 aliphatic carbocycles. The predicted octanol–water partition coefficient (Wildman–Crippen LogP) is 2.92. The summed E-state index contributed by atoms with van der Waals surface area (Å²) in [6.45, 7) is 1.51. The molecule has 0 unspecified atom stereocenters. The van der Waals surface area contributed by atoms with Crippen LogP contribution in [0.2, 0.25) is 0 Å². The summed E-state index contributed by atoms with van der Waals surface area (Å²) >= 11 is 0. The molecule has 2 N–H and O–H groups in total. The van der Waals surface area contributed by atoms with Crippen LogP contribution in [-0.2, 0) is 17.5 Å². The zero-order valence-corrected chi connectivity index (χ0v) is 16.6. The molecule has 0 aliphatic rings. The Hall–Kier alpha value is -3.76. The van der Waals surface area contributed by atoms with E-state index < -0.39 is 30.4 Å². The Labute approximate surface area is 174 Å². The number of halogens is 3. The lowest BCUT2D eigenvalue weighted by Gasteiger charge is -2.13. The Balaban J connectivity index is 1.72. The Morgan fingerprint density at radius 2 is 1.84 bits per heavy atom. The number of aromatic nitrogens is 2. The molecule has 0 fully saturated rings. The molecule has 2 aromatic carbocycles. The SMILES string of the molecule is CCOc1ccc(C(=O)NNC(=O)Cn2c(C(F)(F)F)nc3ccccc32)cc1OC. The summed E-state index contributed by atoms with van der Waals surface area (Å²) in [5.41, 5.74) is 4.69. The van der Waals surface area contributed by atoms with Crippen molar-refractivity contribution in [2.75, 3.05) is 13.7 Å². The van der Waals surface area contributed by atoms with Crippen LogP contribution in [0.25, 0.3) is 11.0 Å². The van der Waals surface area contributed by atoms with Gasteiger partial charge in [-0.05, 0) is 37.3 Å². The molecular formula is C20H19F3N4O4. The third-order valence-corrected chi connectivity index (χ3v) is 4.25. The molecule has 0 saturated carbocycles. The lowest BCUT2D eigenvalue weighted by molar-refractivity contribution is -0.147. The lowest BCUT2D eigenvalue weighted by Crippen LogP contribution is -2.43. The molecule has 164 valence electrons. The average molecular weight is 436 g/mol. The summed E-state index contributed by atoms with van der Waals surface area (Å²) in [5.74, 6) is -1.98. The summed E-state index contributed by atoms with van der Waals surface area (Å²) in [4.78, 5) is 28.1. The van der Waals surface area contributed by atoms with Gasteiger partial charge in [0.2, 0.25) is 5.82 Å². The Morgan fingerprint density at radius 1 is 1.10 bits per heavy atom. The normalized spacial score (nSPS) is 11.3. The third-order valence-electron chi connectivity index (χ3n) is 4.25. The van der Waals surface area contributed by atoms with Crippen molar-refractivity contribution in [3.63, 3.8) is 0 Å². The van der Waals surface area contributed by atoms with Crippen LogP contribution >= 0.6 is 0 Å². The van der Waals surface area contributed by atoms with Crippen molar-refractivity contribution in [2.45, 2.75) is 19.6 Å².